The lowest BCUT2D eigenvalue weighted by atomic mass is 10.0. The van der Waals surface area contributed by atoms with Gasteiger partial charge in [-0.25, -0.2) is 0 Å². The van der Waals surface area contributed by atoms with E-state index in [0.717, 1.165) is 30.8 Å². The summed E-state index contributed by atoms with van der Waals surface area (Å²) in [6, 6.07) is 8.05. The number of hydrogen-bond donors (Lipinski definition) is 2. The van der Waals surface area contributed by atoms with E-state index in [1.807, 2.05) is 38.1 Å². The maximum atomic E-state index is 12.0. The molecule has 2 rings (SSSR count). The number of nitrogens with two attached hydrogens (primary N) is 1. The van der Waals surface area contributed by atoms with Gasteiger partial charge in [0.15, 0.2) is 0 Å². The van der Waals surface area contributed by atoms with Crippen LogP contribution in [0, 0.1) is 12.8 Å². The van der Waals surface area contributed by atoms with Crippen molar-refractivity contribution >= 4 is 24.0 Å². The highest BCUT2D eigenvalue weighted by atomic mass is 35.5. The zero-order valence-electron chi connectivity index (χ0n) is 12.1. The van der Waals surface area contributed by atoms with Gasteiger partial charge in [0.25, 0.3) is 0 Å². The van der Waals surface area contributed by atoms with Crippen molar-refractivity contribution in [3.63, 3.8) is 0 Å². The van der Waals surface area contributed by atoms with Crippen LogP contribution in [-0.2, 0) is 4.79 Å². The number of anilines is 1. The zero-order valence-corrected chi connectivity index (χ0v) is 13.0. The number of para-hydroxylation sites is 1. The number of nitrogens with zero attached hydrogens (tertiary/aromatic N) is 1. The summed E-state index contributed by atoms with van der Waals surface area (Å²) in [6.45, 7) is 6.39. The molecule has 0 bridgehead atoms. The van der Waals surface area contributed by atoms with E-state index >= 15 is 0 Å². The molecule has 112 valence electrons. The topological polar surface area (TPSA) is 58.4 Å². The van der Waals surface area contributed by atoms with Crippen molar-refractivity contribution < 1.29 is 4.79 Å². The summed E-state index contributed by atoms with van der Waals surface area (Å²) in [5, 5.41) is 2.97. The Morgan fingerprint density at radius 2 is 2.20 bits per heavy atom. The van der Waals surface area contributed by atoms with Gasteiger partial charge in [0.05, 0.1) is 6.54 Å². The van der Waals surface area contributed by atoms with E-state index < -0.39 is 0 Å². The molecule has 1 aliphatic heterocycles. The predicted molar refractivity (Wildman–Crippen MR) is 85.3 cm³/mol. The largest absolute Gasteiger partial charge is 0.328 e. The van der Waals surface area contributed by atoms with E-state index in [1.165, 1.54) is 0 Å². The van der Waals surface area contributed by atoms with E-state index in [0.29, 0.717) is 12.5 Å². The minimum atomic E-state index is 0. The number of likely N-dealkylation sites (tertiary alicyclic amines) is 1. The summed E-state index contributed by atoms with van der Waals surface area (Å²) in [4.78, 5) is 14.2. The molecule has 0 aliphatic carbocycles. The molecule has 1 amide bonds. The van der Waals surface area contributed by atoms with Crippen LogP contribution in [0.15, 0.2) is 24.3 Å². The SMILES string of the molecule is Cc1ccccc1NC(=O)CN1CCC(C(C)N)C1.Cl. The average Bonchev–Trinajstić information content (AvgIpc) is 2.80. The van der Waals surface area contributed by atoms with E-state index in [4.69, 9.17) is 5.73 Å². The van der Waals surface area contributed by atoms with Gasteiger partial charge in [-0.2, -0.15) is 0 Å². The Hall–Kier alpha value is -1.10. The van der Waals surface area contributed by atoms with Crippen molar-refractivity contribution in [2.75, 3.05) is 25.0 Å². The van der Waals surface area contributed by atoms with Crippen LogP contribution in [0.2, 0.25) is 0 Å². The second kappa shape index (κ2) is 7.62. The minimum Gasteiger partial charge on any atom is -0.328 e. The number of halogens is 1. The fourth-order valence-electron chi connectivity index (χ4n) is 2.54. The highest BCUT2D eigenvalue weighted by Gasteiger charge is 2.26. The number of benzene rings is 1. The maximum Gasteiger partial charge on any atom is 0.238 e. The Kier molecular flexibility index (Phi) is 6.46. The van der Waals surface area contributed by atoms with Crippen molar-refractivity contribution in [3.05, 3.63) is 29.8 Å². The van der Waals surface area contributed by atoms with Crippen LogP contribution >= 0.6 is 12.4 Å². The number of carbonyl (C=O) groups is 1. The van der Waals surface area contributed by atoms with Crippen LogP contribution in [0.25, 0.3) is 0 Å². The molecule has 1 aliphatic rings. The predicted octanol–water partition coefficient (Wildman–Crippen LogP) is 2.02. The molecule has 4 nitrogen and oxygen atoms in total. The lowest BCUT2D eigenvalue weighted by molar-refractivity contribution is -0.117. The van der Waals surface area contributed by atoms with Gasteiger partial charge in [0.2, 0.25) is 5.91 Å². The second-order valence-electron chi connectivity index (χ2n) is 5.51. The van der Waals surface area contributed by atoms with Gasteiger partial charge in [0.1, 0.15) is 0 Å². The van der Waals surface area contributed by atoms with Gasteiger partial charge >= 0.3 is 0 Å². The zero-order chi connectivity index (χ0) is 13.8. The fourth-order valence-corrected chi connectivity index (χ4v) is 2.54. The number of hydrogen-bond acceptors (Lipinski definition) is 3. The number of amides is 1. The molecular formula is C15H24ClN3O. The van der Waals surface area contributed by atoms with Crippen LogP contribution in [0.5, 0.6) is 0 Å². The second-order valence-corrected chi connectivity index (χ2v) is 5.51. The standard InChI is InChI=1S/C15H23N3O.ClH/c1-11-5-3-4-6-14(11)17-15(19)10-18-8-7-13(9-18)12(2)16;/h3-6,12-13H,7-10,16H2,1-2H3,(H,17,19);1H. The molecule has 3 N–H and O–H groups in total. The van der Waals surface area contributed by atoms with Gasteiger partial charge < -0.3 is 11.1 Å². The van der Waals surface area contributed by atoms with E-state index in [9.17, 15) is 4.79 Å². The van der Waals surface area contributed by atoms with Gasteiger partial charge in [-0.3, -0.25) is 9.69 Å². The molecule has 1 saturated heterocycles. The summed E-state index contributed by atoms with van der Waals surface area (Å²) in [5.74, 6) is 0.575. The van der Waals surface area contributed by atoms with Crippen LogP contribution in [0.3, 0.4) is 0 Å². The normalized spacial score (nSPS) is 20.2. The first kappa shape index (κ1) is 17.0. The van der Waals surface area contributed by atoms with Gasteiger partial charge in [-0.05, 0) is 44.4 Å². The number of aryl methyl sites for hydroxylation is 1. The fraction of sp³-hybridized carbons (Fsp3) is 0.533. The summed E-state index contributed by atoms with van der Waals surface area (Å²) in [7, 11) is 0. The third-order valence-corrected chi connectivity index (χ3v) is 3.84. The Balaban J connectivity index is 0.00000200. The van der Waals surface area contributed by atoms with Crippen LogP contribution in [-0.4, -0.2) is 36.5 Å². The third kappa shape index (κ3) is 4.47. The van der Waals surface area contributed by atoms with Crippen molar-refractivity contribution in [2.45, 2.75) is 26.3 Å². The lowest BCUT2D eigenvalue weighted by Crippen LogP contribution is -2.34. The monoisotopic (exact) mass is 297 g/mol. The van der Waals surface area contributed by atoms with Gasteiger partial charge in [-0.15, -0.1) is 12.4 Å². The quantitative estimate of drug-likeness (QED) is 0.894. The van der Waals surface area contributed by atoms with E-state index in [-0.39, 0.29) is 24.4 Å². The molecule has 0 spiro atoms. The van der Waals surface area contributed by atoms with Gasteiger partial charge in [0, 0.05) is 18.3 Å². The summed E-state index contributed by atoms with van der Waals surface area (Å²) in [5.41, 5.74) is 7.89. The molecule has 1 aromatic rings. The first-order valence-electron chi connectivity index (χ1n) is 6.89. The van der Waals surface area contributed by atoms with Gasteiger partial charge in [-0.1, -0.05) is 18.2 Å². The Bertz CT molecular complexity index is 450. The van der Waals surface area contributed by atoms with Crippen molar-refractivity contribution in [1.82, 2.24) is 4.90 Å². The molecular weight excluding hydrogens is 274 g/mol. The first-order valence-corrected chi connectivity index (χ1v) is 6.89. The van der Waals surface area contributed by atoms with Crippen molar-refractivity contribution in [3.8, 4) is 0 Å². The van der Waals surface area contributed by atoms with E-state index in [2.05, 4.69) is 10.2 Å². The first-order chi connectivity index (χ1) is 9.06. The third-order valence-electron chi connectivity index (χ3n) is 3.84. The summed E-state index contributed by atoms with van der Waals surface area (Å²) < 4.78 is 0. The Morgan fingerprint density at radius 1 is 1.50 bits per heavy atom. The molecule has 20 heavy (non-hydrogen) atoms. The molecule has 1 aromatic carbocycles. The van der Waals surface area contributed by atoms with E-state index in [1.54, 1.807) is 0 Å². The molecule has 5 heteroatoms. The molecule has 2 atom stereocenters. The molecule has 1 fully saturated rings. The number of nitrogens with one attached hydrogen (secondary N) is 1. The minimum absolute atomic E-state index is 0. The molecule has 1 heterocycles. The molecule has 0 aromatic heterocycles. The smallest absolute Gasteiger partial charge is 0.238 e. The maximum absolute atomic E-state index is 12.0. The molecule has 0 saturated carbocycles. The molecule has 2 unspecified atom stereocenters. The highest BCUT2D eigenvalue weighted by molar-refractivity contribution is 5.92. The lowest BCUT2D eigenvalue weighted by Gasteiger charge is -2.17. The van der Waals surface area contributed by atoms with Crippen LogP contribution in [0.4, 0.5) is 5.69 Å². The number of carbonyl (C=O) groups excluding carboxylic acids is 1. The van der Waals surface area contributed by atoms with Crippen LogP contribution < -0.4 is 11.1 Å². The number of rotatable bonds is 4. The Labute approximate surface area is 127 Å². The molecule has 0 radical (unpaired) electrons. The van der Waals surface area contributed by atoms with Crippen LogP contribution in [0.1, 0.15) is 18.9 Å². The summed E-state index contributed by atoms with van der Waals surface area (Å²) in [6.07, 6.45) is 1.09. The van der Waals surface area contributed by atoms with Crippen molar-refractivity contribution in [2.24, 2.45) is 11.7 Å². The Morgan fingerprint density at radius 3 is 2.80 bits per heavy atom. The summed E-state index contributed by atoms with van der Waals surface area (Å²) >= 11 is 0. The average molecular weight is 298 g/mol. The highest BCUT2D eigenvalue weighted by Crippen LogP contribution is 2.18. The van der Waals surface area contributed by atoms with Crippen molar-refractivity contribution in [1.29, 1.82) is 0 Å².